The summed E-state index contributed by atoms with van der Waals surface area (Å²) < 4.78 is 22.0. The molecule has 6 heteroatoms. The summed E-state index contributed by atoms with van der Waals surface area (Å²) in [6, 6.07) is 13.7. The van der Waals surface area contributed by atoms with Gasteiger partial charge in [-0.15, -0.1) is 0 Å². The van der Waals surface area contributed by atoms with Crippen molar-refractivity contribution in [2.45, 2.75) is 6.92 Å². The summed E-state index contributed by atoms with van der Waals surface area (Å²) in [4.78, 5) is 11.5. The van der Waals surface area contributed by atoms with E-state index in [-0.39, 0.29) is 6.79 Å². The summed E-state index contributed by atoms with van der Waals surface area (Å²) in [5.74, 6) is -0.516. The smallest absolute Gasteiger partial charge is 0.436 e. The molecule has 5 nitrogen and oxygen atoms in total. The van der Waals surface area contributed by atoms with Crippen LogP contribution in [0.5, 0.6) is 0 Å². The van der Waals surface area contributed by atoms with Crippen molar-refractivity contribution in [1.82, 2.24) is 0 Å². The van der Waals surface area contributed by atoms with Crippen molar-refractivity contribution in [3.8, 4) is 0 Å². The monoisotopic (exact) mass is 332 g/mol. The molecular weight excluding hydrogens is 312 g/mol. The Bertz CT molecular complexity index is 704. The number of carbonyl (C=O) groups is 1. The number of ether oxygens (including phenoxy) is 1. The fraction of sp³-hybridized carbons (Fsp3) is 0.235. The summed E-state index contributed by atoms with van der Waals surface area (Å²) in [5, 5.41) is 2.86. The maximum atomic E-state index is 11.5. The van der Waals surface area contributed by atoms with Crippen LogP contribution in [0.25, 0.3) is 10.8 Å². The van der Waals surface area contributed by atoms with Crippen molar-refractivity contribution in [2.24, 2.45) is 0 Å². The molecule has 0 amide bonds. The third-order valence-corrected chi connectivity index (χ3v) is 6.11. The first-order chi connectivity index (χ1) is 11.0. The van der Waals surface area contributed by atoms with Gasteiger partial charge < -0.3 is 18.0 Å². The standard InChI is InChI=1S/C17H20O5Si/c1-13(2)17(18)21-12-22-23(19-3,20-4)16-11-7-9-14-8-5-6-10-15(14)16/h5-11H,1,12H2,2-4H3. The number of fused-ring (bicyclic) bond motifs is 1. The third-order valence-electron chi connectivity index (χ3n) is 3.44. The van der Waals surface area contributed by atoms with Gasteiger partial charge in [0.05, 0.1) is 0 Å². The number of hydrogen-bond acceptors (Lipinski definition) is 5. The van der Waals surface area contributed by atoms with Crippen molar-refractivity contribution in [3.05, 3.63) is 54.6 Å². The minimum atomic E-state index is -3.19. The number of rotatable bonds is 7. The molecule has 0 radical (unpaired) electrons. The van der Waals surface area contributed by atoms with Gasteiger partial charge in [0.25, 0.3) is 0 Å². The lowest BCUT2D eigenvalue weighted by atomic mass is 10.1. The molecule has 23 heavy (non-hydrogen) atoms. The number of benzene rings is 2. The van der Waals surface area contributed by atoms with Crippen LogP contribution in [-0.4, -0.2) is 35.8 Å². The molecule has 0 aromatic heterocycles. The van der Waals surface area contributed by atoms with Gasteiger partial charge in [-0.05, 0) is 17.7 Å². The molecule has 0 spiro atoms. The van der Waals surface area contributed by atoms with Gasteiger partial charge in [0.15, 0.2) is 6.79 Å². The maximum absolute atomic E-state index is 11.5. The van der Waals surface area contributed by atoms with Gasteiger partial charge >= 0.3 is 14.8 Å². The minimum absolute atomic E-state index is 0.261. The Morgan fingerprint density at radius 2 is 1.74 bits per heavy atom. The first-order valence-corrected chi connectivity index (χ1v) is 8.81. The molecule has 2 rings (SSSR count). The van der Waals surface area contributed by atoms with Crippen LogP contribution >= 0.6 is 0 Å². The lowest BCUT2D eigenvalue weighted by Crippen LogP contribution is -2.56. The van der Waals surface area contributed by atoms with Crippen LogP contribution in [0, 0.1) is 0 Å². The van der Waals surface area contributed by atoms with Gasteiger partial charge in [-0.3, -0.25) is 0 Å². The van der Waals surface area contributed by atoms with E-state index in [0.717, 1.165) is 16.0 Å². The SMILES string of the molecule is C=C(C)C(=O)OCO[Si](OC)(OC)c1cccc2ccccc12. The molecule has 2 aromatic carbocycles. The zero-order valence-corrected chi connectivity index (χ0v) is 14.5. The zero-order chi connectivity index (χ0) is 16.9. The van der Waals surface area contributed by atoms with Crippen molar-refractivity contribution < 1.29 is 22.8 Å². The highest BCUT2D eigenvalue weighted by Crippen LogP contribution is 2.17. The van der Waals surface area contributed by atoms with E-state index in [1.165, 1.54) is 14.2 Å². The van der Waals surface area contributed by atoms with Crippen LogP contribution in [0.1, 0.15) is 6.92 Å². The lowest BCUT2D eigenvalue weighted by Gasteiger charge is -2.27. The number of esters is 1. The highest BCUT2D eigenvalue weighted by Gasteiger charge is 2.43. The predicted molar refractivity (Wildman–Crippen MR) is 90.2 cm³/mol. The summed E-state index contributed by atoms with van der Waals surface area (Å²) in [6.07, 6.45) is 0. The summed E-state index contributed by atoms with van der Waals surface area (Å²) in [7, 11) is -0.141. The lowest BCUT2D eigenvalue weighted by molar-refractivity contribution is -0.147. The Balaban J connectivity index is 2.32. The highest BCUT2D eigenvalue weighted by atomic mass is 28.4. The molecule has 0 aliphatic heterocycles. The normalized spacial score (nSPS) is 11.4. The zero-order valence-electron chi connectivity index (χ0n) is 13.5. The molecule has 0 aliphatic rings. The molecule has 122 valence electrons. The van der Waals surface area contributed by atoms with E-state index in [0.29, 0.717) is 5.57 Å². The van der Waals surface area contributed by atoms with Gasteiger partial charge in [0, 0.05) is 25.0 Å². The molecule has 0 atom stereocenters. The van der Waals surface area contributed by atoms with Crippen LogP contribution in [0.2, 0.25) is 0 Å². The van der Waals surface area contributed by atoms with Crippen LogP contribution in [0.15, 0.2) is 54.6 Å². The van der Waals surface area contributed by atoms with E-state index in [1.807, 2.05) is 42.5 Å². The molecular formula is C17H20O5Si. The fourth-order valence-corrected chi connectivity index (χ4v) is 4.34. The van der Waals surface area contributed by atoms with E-state index in [1.54, 1.807) is 6.92 Å². The Hall–Kier alpha value is -1.99. The van der Waals surface area contributed by atoms with Crippen molar-refractivity contribution in [3.63, 3.8) is 0 Å². The second-order valence-corrected chi connectivity index (χ2v) is 7.72. The topological polar surface area (TPSA) is 54.0 Å². The first kappa shape index (κ1) is 17.4. The predicted octanol–water partition coefficient (Wildman–Crippen LogP) is 2.37. The van der Waals surface area contributed by atoms with Crippen molar-refractivity contribution in [1.29, 1.82) is 0 Å². The molecule has 0 bridgehead atoms. The third kappa shape index (κ3) is 3.68. The minimum Gasteiger partial charge on any atom is -0.436 e. The Morgan fingerprint density at radius 1 is 1.09 bits per heavy atom. The summed E-state index contributed by atoms with van der Waals surface area (Å²) in [5.41, 5.74) is 0.306. The van der Waals surface area contributed by atoms with Crippen molar-refractivity contribution >= 4 is 30.7 Å². The van der Waals surface area contributed by atoms with E-state index in [4.69, 9.17) is 18.0 Å². The second-order valence-electron chi connectivity index (χ2n) is 4.97. The molecule has 0 N–H and O–H groups in total. The average molecular weight is 332 g/mol. The number of hydrogen-bond donors (Lipinski definition) is 0. The Kier molecular flexibility index (Phi) is 5.67. The highest BCUT2D eigenvalue weighted by molar-refractivity contribution is 6.77. The van der Waals surface area contributed by atoms with E-state index in [2.05, 4.69) is 6.58 Å². The quantitative estimate of drug-likeness (QED) is 0.337. The van der Waals surface area contributed by atoms with E-state index >= 15 is 0 Å². The van der Waals surface area contributed by atoms with Gasteiger partial charge in [0.1, 0.15) is 0 Å². The maximum Gasteiger partial charge on any atom is 0.539 e. The Labute approximate surface area is 136 Å². The molecule has 0 heterocycles. The Morgan fingerprint density at radius 3 is 2.39 bits per heavy atom. The number of carbonyl (C=O) groups excluding carboxylic acids is 1. The summed E-state index contributed by atoms with van der Waals surface area (Å²) in [6.45, 7) is 4.84. The molecule has 0 unspecified atom stereocenters. The van der Waals surface area contributed by atoms with Crippen LogP contribution < -0.4 is 5.19 Å². The fourth-order valence-electron chi connectivity index (χ4n) is 2.28. The van der Waals surface area contributed by atoms with Crippen LogP contribution in [0.4, 0.5) is 0 Å². The second kappa shape index (κ2) is 7.52. The van der Waals surface area contributed by atoms with Crippen LogP contribution in [0.3, 0.4) is 0 Å². The van der Waals surface area contributed by atoms with Crippen molar-refractivity contribution in [2.75, 3.05) is 21.0 Å². The molecule has 0 saturated heterocycles. The van der Waals surface area contributed by atoms with E-state index < -0.39 is 14.8 Å². The molecule has 0 fully saturated rings. The van der Waals surface area contributed by atoms with Gasteiger partial charge in [-0.2, -0.15) is 0 Å². The van der Waals surface area contributed by atoms with Gasteiger partial charge in [-0.25, -0.2) is 4.79 Å². The van der Waals surface area contributed by atoms with Gasteiger partial charge in [-0.1, -0.05) is 49.0 Å². The van der Waals surface area contributed by atoms with Gasteiger partial charge in [0.2, 0.25) is 0 Å². The van der Waals surface area contributed by atoms with E-state index in [9.17, 15) is 4.79 Å². The molecule has 2 aromatic rings. The largest absolute Gasteiger partial charge is 0.539 e. The summed E-state index contributed by atoms with van der Waals surface area (Å²) >= 11 is 0. The van der Waals surface area contributed by atoms with Crippen LogP contribution in [-0.2, 0) is 22.8 Å². The average Bonchev–Trinajstić information content (AvgIpc) is 2.58. The molecule has 0 aliphatic carbocycles. The molecule has 0 saturated carbocycles. The first-order valence-electron chi connectivity index (χ1n) is 7.09.